The third kappa shape index (κ3) is 2.23. The molecule has 76 valence electrons. The van der Waals surface area contributed by atoms with E-state index in [2.05, 4.69) is 38.1 Å². The van der Waals surface area contributed by atoms with Gasteiger partial charge in [-0.2, -0.15) is 0 Å². The topological polar surface area (TPSA) is 37.8 Å². The van der Waals surface area contributed by atoms with E-state index >= 15 is 0 Å². The fourth-order valence-corrected chi connectivity index (χ4v) is 2.27. The molecule has 0 spiro atoms. The summed E-state index contributed by atoms with van der Waals surface area (Å²) in [6.07, 6.45) is 5.48. The number of anilines is 1. The van der Waals surface area contributed by atoms with Crippen molar-refractivity contribution in [1.82, 2.24) is 9.97 Å². The summed E-state index contributed by atoms with van der Waals surface area (Å²) < 4.78 is 0.834. The molecule has 1 fully saturated rings. The first-order valence-electron chi connectivity index (χ1n) is 5.00. The lowest BCUT2D eigenvalue weighted by atomic mass is 10.1. The van der Waals surface area contributed by atoms with Crippen molar-refractivity contribution in [2.75, 3.05) is 5.32 Å². The number of hydrogen-bond acceptors (Lipinski definition) is 3. The number of nitrogens with zero attached hydrogens (tertiary/aromatic N) is 2. The van der Waals surface area contributed by atoms with E-state index in [0.717, 1.165) is 16.3 Å². The number of halogens is 1. The first-order valence-corrected chi connectivity index (χ1v) is 5.79. The molecule has 1 saturated carbocycles. The summed E-state index contributed by atoms with van der Waals surface area (Å²) >= 11 is 3.34. The molecule has 14 heavy (non-hydrogen) atoms. The molecule has 2 rings (SSSR count). The minimum Gasteiger partial charge on any atom is -0.367 e. The van der Waals surface area contributed by atoms with Crippen LogP contribution in [0, 0.1) is 5.92 Å². The van der Waals surface area contributed by atoms with Gasteiger partial charge in [-0.05, 0) is 34.7 Å². The summed E-state index contributed by atoms with van der Waals surface area (Å²) in [5.41, 5.74) is 0. The highest BCUT2D eigenvalue weighted by Crippen LogP contribution is 2.27. The van der Waals surface area contributed by atoms with Crippen LogP contribution in [0.2, 0.25) is 0 Å². The summed E-state index contributed by atoms with van der Waals surface area (Å²) in [5, 5.41) is 3.45. The van der Waals surface area contributed by atoms with Gasteiger partial charge in [0, 0.05) is 12.1 Å². The van der Waals surface area contributed by atoms with E-state index in [0.29, 0.717) is 6.04 Å². The molecular weight excluding hydrogens is 242 g/mol. The summed E-state index contributed by atoms with van der Waals surface area (Å²) in [6.45, 7) is 2.29. The van der Waals surface area contributed by atoms with E-state index in [1.165, 1.54) is 19.3 Å². The molecule has 4 heteroatoms. The highest BCUT2D eigenvalue weighted by atomic mass is 79.9. The van der Waals surface area contributed by atoms with E-state index in [-0.39, 0.29) is 0 Å². The molecule has 2 unspecified atom stereocenters. The molecule has 0 bridgehead atoms. The molecule has 0 aliphatic heterocycles. The molecule has 0 amide bonds. The highest BCUT2D eigenvalue weighted by Gasteiger charge is 2.23. The smallest absolute Gasteiger partial charge is 0.130 e. The van der Waals surface area contributed by atoms with Crippen molar-refractivity contribution in [3.63, 3.8) is 0 Å². The van der Waals surface area contributed by atoms with Gasteiger partial charge in [0.2, 0.25) is 0 Å². The predicted molar refractivity (Wildman–Crippen MR) is 60.2 cm³/mol. The predicted octanol–water partition coefficient (Wildman–Crippen LogP) is 2.84. The zero-order valence-electron chi connectivity index (χ0n) is 8.20. The molecule has 0 saturated heterocycles. The Kier molecular flexibility index (Phi) is 3.01. The summed E-state index contributed by atoms with van der Waals surface area (Å²) in [4.78, 5) is 8.18. The standard InChI is InChI=1S/C10H14BrN3/c1-7-3-2-4-8(7)14-10-5-9(11)12-6-13-10/h5-8H,2-4H2,1H3,(H,12,13,14). The largest absolute Gasteiger partial charge is 0.367 e. The van der Waals surface area contributed by atoms with Crippen LogP contribution in [-0.4, -0.2) is 16.0 Å². The number of rotatable bonds is 2. The fraction of sp³-hybridized carbons (Fsp3) is 0.600. The maximum atomic E-state index is 4.19. The van der Waals surface area contributed by atoms with Gasteiger partial charge in [0.25, 0.3) is 0 Å². The molecule has 1 aromatic rings. The second-order valence-electron chi connectivity index (χ2n) is 3.88. The Hall–Kier alpha value is -0.640. The lowest BCUT2D eigenvalue weighted by molar-refractivity contribution is 0.554. The number of aromatic nitrogens is 2. The summed E-state index contributed by atoms with van der Waals surface area (Å²) in [7, 11) is 0. The zero-order chi connectivity index (χ0) is 9.97. The van der Waals surface area contributed by atoms with Crippen LogP contribution < -0.4 is 5.32 Å². The minimum atomic E-state index is 0.580. The molecule has 1 aliphatic carbocycles. The Morgan fingerprint density at radius 1 is 1.43 bits per heavy atom. The molecule has 0 radical (unpaired) electrons. The van der Waals surface area contributed by atoms with E-state index in [1.807, 2.05) is 6.07 Å². The normalized spacial score (nSPS) is 26.4. The van der Waals surface area contributed by atoms with Crippen molar-refractivity contribution in [2.45, 2.75) is 32.2 Å². The SMILES string of the molecule is CC1CCCC1Nc1cc(Br)ncn1. The van der Waals surface area contributed by atoms with Crippen molar-refractivity contribution in [3.8, 4) is 0 Å². The van der Waals surface area contributed by atoms with Crippen molar-refractivity contribution < 1.29 is 0 Å². The highest BCUT2D eigenvalue weighted by molar-refractivity contribution is 9.10. The lowest BCUT2D eigenvalue weighted by Crippen LogP contribution is -2.22. The molecule has 1 heterocycles. The summed E-state index contributed by atoms with van der Waals surface area (Å²) in [5.74, 6) is 1.68. The Labute approximate surface area is 92.5 Å². The van der Waals surface area contributed by atoms with Crippen molar-refractivity contribution >= 4 is 21.7 Å². The molecule has 0 aromatic carbocycles. The Bertz CT molecular complexity index is 316. The van der Waals surface area contributed by atoms with Gasteiger partial charge in [-0.25, -0.2) is 9.97 Å². The van der Waals surface area contributed by atoms with Crippen LogP contribution in [-0.2, 0) is 0 Å². The van der Waals surface area contributed by atoms with Gasteiger partial charge in [0.15, 0.2) is 0 Å². The minimum absolute atomic E-state index is 0.580. The van der Waals surface area contributed by atoms with Crippen LogP contribution in [0.15, 0.2) is 17.0 Å². The van der Waals surface area contributed by atoms with Gasteiger partial charge < -0.3 is 5.32 Å². The van der Waals surface area contributed by atoms with Gasteiger partial charge >= 0.3 is 0 Å². The second kappa shape index (κ2) is 4.26. The molecular formula is C10H14BrN3. The molecule has 1 aliphatic rings. The zero-order valence-corrected chi connectivity index (χ0v) is 9.79. The fourth-order valence-electron chi connectivity index (χ4n) is 1.96. The van der Waals surface area contributed by atoms with E-state index in [9.17, 15) is 0 Å². The monoisotopic (exact) mass is 255 g/mol. The van der Waals surface area contributed by atoms with Crippen LogP contribution in [0.25, 0.3) is 0 Å². The quantitative estimate of drug-likeness (QED) is 0.827. The molecule has 3 nitrogen and oxygen atoms in total. The average molecular weight is 256 g/mol. The first kappa shape index (κ1) is 9.90. The molecule has 1 aromatic heterocycles. The number of nitrogens with one attached hydrogen (secondary N) is 1. The van der Waals surface area contributed by atoms with Gasteiger partial charge in [-0.3, -0.25) is 0 Å². The van der Waals surface area contributed by atoms with Crippen LogP contribution in [0.5, 0.6) is 0 Å². The Morgan fingerprint density at radius 2 is 2.29 bits per heavy atom. The number of hydrogen-bond donors (Lipinski definition) is 1. The van der Waals surface area contributed by atoms with Gasteiger partial charge in [0.05, 0.1) is 0 Å². The van der Waals surface area contributed by atoms with E-state index < -0.39 is 0 Å². The summed E-state index contributed by atoms with van der Waals surface area (Å²) in [6, 6.07) is 2.50. The Morgan fingerprint density at radius 3 is 2.93 bits per heavy atom. The van der Waals surface area contributed by atoms with Crippen molar-refractivity contribution in [1.29, 1.82) is 0 Å². The average Bonchev–Trinajstić information content (AvgIpc) is 2.52. The Balaban J connectivity index is 2.03. The van der Waals surface area contributed by atoms with E-state index in [4.69, 9.17) is 0 Å². The maximum absolute atomic E-state index is 4.19. The first-order chi connectivity index (χ1) is 6.75. The van der Waals surface area contributed by atoms with Gasteiger partial charge in [-0.1, -0.05) is 13.3 Å². The maximum Gasteiger partial charge on any atom is 0.130 e. The van der Waals surface area contributed by atoms with Crippen LogP contribution in [0.1, 0.15) is 26.2 Å². The van der Waals surface area contributed by atoms with Crippen LogP contribution in [0.4, 0.5) is 5.82 Å². The van der Waals surface area contributed by atoms with Gasteiger partial charge in [0.1, 0.15) is 16.7 Å². The van der Waals surface area contributed by atoms with Crippen LogP contribution >= 0.6 is 15.9 Å². The molecule has 1 N–H and O–H groups in total. The lowest BCUT2D eigenvalue weighted by Gasteiger charge is -2.17. The molecule has 2 atom stereocenters. The van der Waals surface area contributed by atoms with E-state index in [1.54, 1.807) is 6.33 Å². The third-order valence-corrected chi connectivity index (χ3v) is 3.26. The van der Waals surface area contributed by atoms with Crippen molar-refractivity contribution in [2.24, 2.45) is 5.92 Å². The van der Waals surface area contributed by atoms with Gasteiger partial charge in [-0.15, -0.1) is 0 Å². The second-order valence-corrected chi connectivity index (χ2v) is 4.70. The van der Waals surface area contributed by atoms with Crippen LogP contribution in [0.3, 0.4) is 0 Å². The third-order valence-electron chi connectivity index (χ3n) is 2.83. The van der Waals surface area contributed by atoms with Crippen molar-refractivity contribution in [3.05, 3.63) is 17.0 Å².